The van der Waals surface area contributed by atoms with Crippen molar-refractivity contribution in [2.75, 3.05) is 13.7 Å². The maximum atomic E-state index is 10.4. The second-order valence-corrected chi connectivity index (χ2v) is 4.80. The standard InChI is InChI=1S/C14H17ClN2O3/c1-20-8-7-17-12(11(15)9-16-17)14(19)13(18)10-5-3-2-4-6-10/h2-6,9,13-14,18-19H,7-8H2,1H3. The molecule has 0 bridgehead atoms. The van der Waals surface area contributed by atoms with Gasteiger partial charge in [0.15, 0.2) is 0 Å². The zero-order valence-electron chi connectivity index (χ0n) is 11.1. The number of hydrogen-bond donors (Lipinski definition) is 2. The zero-order valence-corrected chi connectivity index (χ0v) is 11.9. The van der Waals surface area contributed by atoms with Crippen LogP contribution in [0.4, 0.5) is 0 Å². The molecule has 0 aliphatic heterocycles. The molecule has 2 N–H and O–H groups in total. The zero-order chi connectivity index (χ0) is 14.5. The van der Waals surface area contributed by atoms with Gasteiger partial charge in [-0.05, 0) is 5.56 Å². The van der Waals surface area contributed by atoms with Crippen LogP contribution < -0.4 is 0 Å². The van der Waals surface area contributed by atoms with Crippen molar-refractivity contribution in [3.63, 3.8) is 0 Å². The maximum Gasteiger partial charge on any atom is 0.127 e. The summed E-state index contributed by atoms with van der Waals surface area (Å²) in [4.78, 5) is 0. The molecule has 0 radical (unpaired) electrons. The van der Waals surface area contributed by atoms with Crippen LogP contribution in [0.2, 0.25) is 5.02 Å². The highest BCUT2D eigenvalue weighted by Gasteiger charge is 2.26. The second kappa shape index (κ2) is 6.85. The van der Waals surface area contributed by atoms with Crippen molar-refractivity contribution in [1.82, 2.24) is 9.78 Å². The SMILES string of the molecule is COCCn1ncc(Cl)c1C(O)C(O)c1ccccc1. The number of aliphatic hydroxyl groups excluding tert-OH is 2. The summed E-state index contributed by atoms with van der Waals surface area (Å²) >= 11 is 6.06. The van der Waals surface area contributed by atoms with Crippen molar-refractivity contribution in [3.8, 4) is 0 Å². The first-order chi connectivity index (χ1) is 9.65. The smallest absolute Gasteiger partial charge is 0.127 e. The van der Waals surface area contributed by atoms with E-state index in [-0.39, 0.29) is 0 Å². The van der Waals surface area contributed by atoms with Crippen LogP contribution in [0.25, 0.3) is 0 Å². The van der Waals surface area contributed by atoms with E-state index in [1.54, 1.807) is 36.1 Å². The maximum absolute atomic E-state index is 10.4. The Morgan fingerprint density at radius 3 is 2.60 bits per heavy atom. The summed E-state index contributed by atoms with van der Waals surface area (Å²) in [6.45, 7) is 0.899. The van der Waals surface area contributed by atoms with Crippen LogP contribution in [0.15, 0.2) is 36.5 Å². The molecule has 2 unspecified atom stereocenters. The minimum Gasteiger partial charge on any atom is -0.385 e. The average molecular weight is 297 g/mol. The van der Waals surface area contributed by atoms with Gasteiger partial charge in [-0.2, -0.15) is 5.10 Å². The lowest BCUT2D eigenvalue weighted by atomic mass is 10.0. The minimum atomic E-state index is -1.15. The molecule has 0 amide bonds. The topological polar surface area (TPSA) is 67.5 Å². The molecule has 6 heteroatoms. The van der Waals surface area contributed by atoms with Crippen LogP contribution in [-0.4, -0.2) is 33.7 Å². The van der Waals surface area contributed by atoms with Crippen LogP contribution in [-0.2, 0) is 11.3 Å². The predicted molar refractivity (Wildman–Crippen MR) is 75.5 cm³/mol. The number of ether oxygens (including phenoxy) is 1. The molecule has 20 heavy (non-hydrogen) atoms. The molecular weight excluding hydrogens is 280 g/mol. The van der Waals surface area contributed by atoms with E-state index in [2.05, 4.69) is 5.10 Å². The summed E-state index contributed by atoms with van der Waals surface area (Å²) in [7, 11) is 1.58. The first-order valence-electron chi connectivity index (χ1n) is 6.26. The number of aliphatic hydroxyl groups is 2. The van der Waals surface area contributed by atoms with Crippen molar-refractivity contribution in [3.05, 3.63) is 52.8 Å². The van der Waals surface area contributed by atoms with Crippen molar-refractivity contribution in [2.24, 2.45) is 0 Å². The molecule has 108 valence electrons. The largest absolute Gasteiger partial charge is 0.385 e. The van der Waals surface area contributed by atoms with Gasteiger partial charge in [-0.1, -0.05) is 41.9 Å². The molecule has 1 aromatic heterocycles. The van der Waals surface area contributed by atoms with Crippen molar-refractivity contribution >= 4 is 11.6 Å². The molecule has 2 atom stereocenters. The molecule has 0 spiro atoms. The monoisotopic (exact) mass is 296 g/mol. The van der Waals surface area contributed by atoms with Crippen LogP contribution in [0, 0.1) is 0 Å². The van der Waals surface area contributed by atoms with Gasteiger partial charge in [0.2, 0.25) is 0 Å². The highest BCUT2D eigenvalue weighted by Crippen LogP contribution is 2.32. The fourth-order valence-corrected chi connectivity index (χ4v) is 2.26. The average Bonchev–Trinajstić information content (AvgIpc) is 2.85. The fraction of sp³-hybridized carbons (Fsp3) is 0.357. The van der Waals surface area contributed by atoms with Gasteiger partial charge in [-0.3, -0.25) is 4.68 Å². The Balaban J connectivity index is 2.24. The van der Waals surface area contributed by atoms with E-state index in [1.807, 2.05) is 6.07 Å². The van der Waals surface area contributed by atoms with E-state index < -0.39 is 12.2 Å². The Morgan fingerprint density at radius 1 is 1.25 bits per heavy atom. The van der Waals surface area contributed by atoms with E-state index in [9.17, 15) is 10.2 Å². The highest BCUT2D eigenvalue weighted by molar-refractivity contribution is 6.31. The van der Waals surface area contributed by atoms with Gasteiger partial charge in [-0.25, -0.2) is 0 Å². The lowest BCUT2D eigenvalue weighted by Gasteiger charge is -2.20. The highest BCUT2D eigenvalue weighted by atomic mass is 35.5. The summed E-state index contributed by atoms with van der Waals surface area (Å²) in [6.07, 6.45) is -0.760. The molecule has 0 fully saturated rings. The van der Waals surface area contributed by atoms with Gasteiger partial charge < -0.3 is 14.9 Å². The third-order valence-corrected chi connectivity index (χ3v) is 3.35. The van der Waals surface area contributed by atoms with E-state index >= 15 is 0 Å². The first kappa shape index (κ1) is 15.0. The van der Waals surface area contributed by atoms with Gasteiger partial charge in [0.25, 0.3) is 0 Å². The van der Waals surface area contributed by atoms with Crippen LogP contribution in [0.3, 0.4) is 0 Å². The van der Waals surface area contributed by atoms with Gasteiger partial charge in [-0.15, -0.1) is 0 Å². The molecule has 5 nitrogen and oxygen atoms in total. The molecule has 0 aliphatic rings. The number of benzene rings is 1. The quantitative estimate of drug-likeness (QED) is 0.855. The molecule has 0 saturated carbocycles. The fourth-order valence-electron chi connectivity index (χ4n) is 2.00. The summed E-state index contributed by atoms with van der Waals surface area (Å²) in [5, 5.41) is 25.0. The Hall–Kier alpha value is -1.40. The Labute approximate surface area is 122 Å². The third kappa shape index (κ3) is 3.19. The summed E-state index contributed by atoms with van der Waals surface area (Å²) in [5.41, 5.74) is 1.01. The molecule has 2 aromatic rings. The molecule has 2 rings (SSSR count). The number of rotatable bonds is 6. The first-order valence-corrected chi connectivity index (χ1v) is 6.64. The van der Waals surface area contributed by atoms with Gasteiger partial charge in [0, 0.05) is 7.11 Å². The van der Waals surface area contributed by atoms with E-state index in [0.717, 1.165) is 0 Å². The molecule has 1 heterocycles. The summed E-state index contributed by atoms with van der Waals surface area (Å²) in [6, 6.07) is 8.94. The molecule has 0 aliphatic carbocycles. The molecule has 0 saturated heterocycles. The van der Waals surface area contributed by atoms with Gasteiger partial charge in [0.05, 0.1) is 30.1 Å². The third-order valence-electron chi connectivity index (χ3n) is 3.06. The van der Waals surface area contributed by atoms with Crippen LogP contribution >= 0.6 is 11.6 Å². The Kier molecular flexibility index (Phi) is 5.14. The van der Waals surface area contributed by atoms with E-state index in [4.69, 9.17) is 16.3 Å². The second-order valence-electron chi connectivity index (χ2n) is 4.39. The van der Waals surface area contributed by atoms with Crippen molar-refractivity contribution in [1.29, 1.82) is 0 Å². The van der Waals surface area contributed by atoms with Crippen molar-refractivity contribution < 1.29 is 14.9 Å². The Bertz CT molecular complexity index is 545. The Morgan fingerprint density at radius 2 is 1.95 bits per heavy atom. The molecular formula is C14H17ClN2O3. The van der Waals surface area contributed by atoms with Gasteiger partial charge in [0.1, 0.15) is 12.2 Å². The number of methoxy groups -OCH3 is 1. The van der Waals surface area contributed by atoms with E-state index in [0.29, 0.717) is 29.4 Å². The summed E-state index contributed by atoms with van der Waals surface area (Å²) in [5.74, 6) is 0. The molecule has 1 aromatic carbocycles. The lowest BCUT2D eigenvalue weighted by Crippen LogP contribution is -2.17. The summed E-state index contributed by atoms with van der Waals surface area (Å²) < 4.78 is 6.53. The number of halogens is 1. The predicted octanol–water partition coefficient (Wildman–Crippen LogP) is 1.95. The number of hydrogen-bond acceptors (Lipinski definition) is 4. The normalized spacial score (nSPS) is 14.2. The minimum absolute atomic E-state index is 0.323. The van der Waals surface area contributed by atoms with Crippen LogP contribution in [0.5, 0.6) is 0 Å². The number of aromatic nitrogens is 2. The lowest BCUT2D eigenvalue weighted by molar-refractivity contribution is 0.0111. The van der Waals surface area contributed by atoms with Crippen molar-refractivity contribution in [2.45, 2.75) is 18.8 Å². The van der Waals surface area contributed by atoms with Crippen LogP contribution in [0.1, 0.15) is 23.5 Å². The van der Waals surface area contributed by atoms with E-state index in [1.165, 1.54) is 6.20 Å². The number of nitrogens with zero attached hydrogens (tertiary/aromatic N) is 2. The van der Waals surface area contributed by atoms with Gasteiger partial charge >= 0.3 is 0 Å².